The summed E-state index contributed by atoms with van der Waals surface area (Å²) in [5.41, 5.74) is 10.3. The molecule has 1 heterocycles. The molecule has 98 valence electrons. The van der Waals surface area contributed by atoms with E-state index in [1.54, 1.807) is 0 Å². The average Bonchev–Trinajstić information content (AvgIpc) is 2.34. The van der Waals surface area contributed by atoms with Gasteiger partial charge in [-0.25, -0.2) is 0 Å². The zero-order chi connectivity index (χ0) is 14.0. The molecule has 5 heteroatoms. The zero-order valence-electron chi connectivity index (χ0n) is 10.7. The zero-order valence-corrected chi connectivity index (χ0v) is 13.1. The van der Waals surface area contributed by atoms with Crippen molar-refractivity contribution in [1.29, 1.82) is 0 Å². The summed E-state index contributed by atoms with van der Waals surface area (Å²) < 4.78 is 0.915. The number of aromatic nitrogens is 1. The summed E-state index contributed by atoms with van der Waals surface area (Å²) in [6, 6.07) is 9.74. The summed E-state index contributed by atoms with van der Waals surface area (Å²) in [5.74, 6) is 0. The first kappa shape index (κ1) is 14.0. The van der Waals surface area contributed by atoms with E-state index in [4.69, 9.17) is 18.0 Å². The second-order valence-electron chi connectivity index (χ2n) is 4.27. The topological polar surface area (TPSA) is 50.9 Å². The molecule has 0 aliphatic rings. The quantitative estimate of drug-likeness (QED) is 0.836. The van der Waals surface area contributed by atoms with Gasteiger partial charge in [0.2, 0.25) is 0 Å². The number of nitrogens with two attached hydrogens (primary N) is 1. The van der Waals surface area contributed by atoms with Crippen LogP contribution in [0.4, 0.5) is 11.4 Å². The van der Waals surface area contributed by atoms with E-state index in [2.05, 4.69) is 26.2 Å². The van der Waals surface area contributed by atoms with Gasteiger partial charge in [0.05, 0.1) is 17.1 Å². The second kappa shape index (κ2) is 5.67. The molecule has 0 saturated carbocycles. The Balaban J connectivity index is 2.31. The van der Waals surface area contributed by atoms with Crippen LogP contribution < -0.4 is 11.1 Å². The van der Waals surface area contributed by atoms with E-state index in [-0.39, 0.29) is 0 Å². The van der Waals surface area contributed by atoms with E-state index in [9.17, 15) is 0 Å². The maximum Gasteiger partial charge on any atom is 0.104 e. The third-order valence-corrected chi connectivity index (χ3v) is 3.64. The van der Waals surface area contributed by atoms with Crippen molar-refractivity contribution in [3.05, 3.63) is 51.8 Å². The van der Waals surface area contributed by atoms with Crippen LogP contribution in [0.25, 0.3) is 0 Å². The molecule has 0 fully saturated rings. The van der Waals surface area contributed by atoms with Crippen LogP contribution in [0.3, 0.4) is 0 Å². The molecule has 0 aliphatic carbocycles. The molecule has 2 rings (SSSR count). The lowest BCUT2D eigenvalue weighted by molar-refractivity contribution is 1.12. The summed E-state index contributed by atoms with van der Waals surface area (Å²) in [4.78, 5) is 4.82. The van der Waals surface area contributed by atoms with E-state index in [0.29, 0.717) is 4.99 Å². The summed E-state index contributed by atoms with van der Waals surface area (Å²) in [5, 5.41) is 3.34. The van der Waals surface area contributed by atoms with Crippen LogP contribution in [-0.4, -0.2) is 9.97 Å². The van der Waals surface area contributed by atoms with Crippen LogP contribution in [0, 0.1) is 13.8 Å². The largest absolute Gasteiger partial charge is 0.389 e. The van der Waals surface area contributed by atoms with Crippen molar-refractivity contribution in [2.24, 2.45) is 5.73 Å². The van der Waals surface area contributed by atoms with Crippen LogP contribution in [0.2, 0.25) is 0 Å². The number of hydrogen-bond acceptors (Lipinski definition) is 3. The number of nitrogens with zero attached hydrogens (tertiary/aromatic N) is 1. The van der Waals surface area contributed by atoms with Gasteiger partial charge in [0.25, 0.3) is 0 Å². The Kier molecular flexibility index (Phi) is 4.17. The van der Waals surface area contributed by atoms with Gasteiger partial charge in [0.15, 0.2) is 0 Å². The lowest BCUT2D eigenvalue weighted by Crippen LogP contribution is -2.09. The SMILES string of the molecule is Cc1ccc(Nc2ccc(C(N)=S)cc2Br)c(C)n1. The summed E-state index contributed by atoms with van der Waals surface area (Å²) in [6.45, 7) is 3.95. The monoisotopic (exact) mass is 335 g/mol. The van der Waals surface area contributed by atoms with Gasteiger partial charge in [-0.1, -0.05) is 12.2 Å². The highest BCUT2D eigenvalue weighted by Crippen LogP contribution is 2.28. The molecular formula is C14H14BrN3S. The predicted molar refractivity (Wildman–Crippen MR) is 87.0 cm³/mol. The number of hydrogen-bond donors (Lipinski definition) is 2. The Bertz CT molecular complexity index is 641. The highest BCUT2D eigenvalue weighted by atomic mass is 79.9. The van der Waals surface area contributed by atoms with Gasteiger partial charge in [-0.2, -0.15) is 0 Å². The van der Waals surface area contributed by atoms with E-state index in [1.165, 1.54) is 0 Å². The summed E-state index contributed by atoms with van der Waals surface area (Å²) in [6.07, 6.45) is 0. The first-order chi connectivity index (χ1) is 8.97. The first-order valence-corrected chi connectivity index (χ1v) is 6.98. The number of benzene rings is 1. The van der Waals surface area contributed by atoms with Gasteiger partial charge in [0.1, 0.15) is 4.99 Å². The Morgan fingerprint density at radius 1 is 1.21 bits per heavy atom. The minimum atomic E-state index is 0.389. The molecule has 0 atom stereocenters. The highest BCUT2D eigenvalue weighted by Gasteiger charge is 2.06. The van der Waals surface area contributed by atoms with E-state index in [1.807, 2.05) is 44.2 Å². The Labute approximate surface area is 126 Å². The molecule has 0 aliphatic heterocycles. The molecule has 3 N–H and O–H groups in total. The molecule has 19 heavy (non-hydrogen) atoms. The Morgan fingerprint density at radius 3 is 2.47 bits per heavy atom. The number of aryl methyl sites for hydroxylation is 2. The Morgan fingerprint density at radius 2 is 1.89 bits per heavy atom. The van der Waals surface area contributed by atoms with E-state index in [0.717, 1.165) is 32.8 Å². The predicted octanol–water partition coefficient (Wildman–Crippen LogP) is 3.84. The number of thiocarbonyl (C=S) groups is 1. The lowest BCUT2D eigenvalue weighted by Gasteiger charge is -2.12. The molecule has 3 nitrogen and oxygen atoms in total. The van der Waals surface area contributed by atoms with E-state index < -0.39 is 0 Å². The van der Waals surface area contributed by atoms with Gasteiger partial charge in [-0.05, 0) is 60.1 Å². The van der Waals surface area contributed by atoms with Crippen molar-refractivity contribution < 1.29 is 0 Å². The summed E-state index contributed by atoms with van der Waals surface area (Å²) in [7, 11) is 0. The van der Waals surface area contributed by atoms with Gasteiger partial charge in [-0.3, -0.25) is 4.98 Å². The standard InChI is InChI=1S/C14H14BrN3S/c1-8-3-5-12(9(2)17-8)18-13-6-4-10(14(16)19)7-11(13)15/h3-7,18H,1-2H3,(H2,16,19). The van der Waals surface area contributed by atoms with Gasteiger partial charge >= 0.3 is 0 Å². The molecule has 1 aromatic heterocycles. The number of nitrogens with one attached hydrogen (secondary N) is 1. The minimum absolute atomic E-state index is 0.389. The summed E-state index contributed by atoms with van der Waals surface area (Å²) >= 11 is 8.47. The fourth-order valence-corrected chi connectivity index (χ4v) is 2.34. The van der Waals surface area contributed by atoms with Crippen LogP contribution >= 0.6 is 28.1 Å². The smallest absolute Gasteiger partial charge is 0.104 e. The maximum absolute atomic E-state index is 5.61. The number of anilines is 2. The minimum Gasteiger partial charge on any atom is -0.389 e. The van der Waals surface area contributed by atoms with Crippen molar-refractivity contribution in [3.8, 4) is 0 Å². The third kappa shape index (κ3) is 3.30. The highest BCUT2D eigenvalue weighted by molar-refractivity contribution is 9.10. The van der Waals surface area contributed by atoms with Crippen LogP contribution in [-0.2, 0) is 0 Å². The van der Waals surface area contributed by atoms with Crippen molar-refractivity contribution in [2.75, 3.05) is 5.32 Å². The molecule has 1 aromatic carbocycles. The van der Waals surface area contributed by atoms with E-state index >= 15 is 0 Å². The second-order valence-corrected chi connectivity index (χ2v) is 5.56. The molecular weight excluding hydrogens is 322 g/mol. The Hall–Kier alpha value is -1.46. The normalized spacial score (nSPS) is 10.3. The third-order valence-electron chi connectivity index (χ3n) is 2.75. The van der Waals surface area contributed by atoms with Crippen molar-refractivity contribution >= 4 is 44.5 Å². The molecule has 0 spiro atoms. The van der Waals surface area contributed by atoms with Gasteiger partial charge in [0, 0.05) is 15.7 Å². The molecule has 2 aromatic rings. The molecule has 0 saturated heterocycles. The fourth-order valence-electron chi connectivity index (χ4n) is 1.73. The number of rotatable bonds is 3. The fraction of sp³-hybridized carbons (Fsp3) is 0.143. The van der Waals surface area contributed by atoms with Crippen molar-refractivity contribution in [3.63, 3.8) is 0 Å². The van der Waals surface area contributed by atoms with Gasteiger partial charge in [-0.15, -0.1) is 0 Å². The molecule has 0 amide bonds. The van der Waals surface area contributed by atoms with Crippen LogP contribution in [0.5, 0.6) is 0 Å². The number of halogens is 1. The molecule has 0 radical (unpaired) electrons. The molecule has 0 unspecified atom stereocenters. The van der Waals surface area contributed by atoms with Gasteiger partial charge < -0.3 is 11.1 Å². The first-order valence-electron chi connectivity index (χ1n) is 5.78. The molecule has 0 bridgehead atoms. The average molecular weight is 336 g/mol. The van der Waals surface area contributed by atoms with Crippen molar-refractivity contribution in [2.45, 2.75) is 13.8 Å². The van der Waals surface area contributed by atoms with Crippen LogP contribution in [0.1, 0.15) is 17.0 Å². The lowest BCUT2D eigenvalue weighted by atomic mass is 10.2. The number of pyridine rings is 1. The van der Waals surface area contributed by atoms with Crippen LogP contribution in [0.15, 0.2) is 34.8 Å². The maximum atomic E-state index is 5.61. The van der Waals surface area contributed by atoms with Crippen molar-refractivity contribution in [1.82, 2.24) is 4.98 Å².